The Bertz CT molecular complexity index is 541. The minimum absolute atomic E-state index is 0.224. The lowest BCUT2D eigenvalue weighted by Crippen LogP contribution is -2.42. The van der Waals surface area contributed by atoms with Gasteiger partial charge in [-0.1, -0.05) is 0 Å². The van der Waals surface area contributed by atoms with Crippen LogP contribution in [0.1, 0.15) is 37.9 Å². The third kappa shape index (κ3) is 2.92. The Morgan fingerprint density at radius 1 is 1.38 bits per heavy atom. The Labute approximate surface area is 121 Å². The number of aliphatic carboxylic acids is 1. The minimum atomic E-state index is -0.727. The maximum atomic E-state index is 10.8. The van der Waals surface area contributed by atoms with Gasteiger partial charge in [-0.25, -0.2) is 0 Å². The van der Waals surface area contributed by atoms with Gasteiger partial charge in [-0.15, -0.1) is 0 Å². The van der Waals surface area contributed by atoms with Crippen LogP contribution in [0.2, 0.25) is 0 Å². The molecule has 2 aliphatic rings. The predicted molar refractivity (Wildman–Crippen MR) is 72.7 cm³/mol. The molecule has 3 rings (SSSR count). The van der Waals surface area contributed by atoms with Gasteiger partial charge in [-0.2, -0.15) is 0 Å². The lowest BCUT2D eigenvalue weighted by atomic mass is 9.88. The second kappa shape index (κ2) is 5.48. The summed E-state index contributed by atoms with van der Waals surface area (Å²) in [6, 6.07) is 3.78. The van der Waals surface area contributed by atoms with E-state index in [0.29, 0.717) is 24.4 Å². The highest BCUT2D eigenvalue weighted by atomic mass is 16.6. The van der Waals surface area contributed by atoms with E-state index in [1.165, 1.54) is 6.07 Å². The molecule has 1 N–H and O–H groups in total. The van der Waals surface area contributed by atoms with E-state index >= 15 is 0 Å². The third-order valence-electron chi connectivity index (χ3n) is 4.61. The van der Waals surface area contributed by atoms with Crippen molar-refractivity contribution in [3.8, 4) is 0 Å². The van der Waals surface area contributed by atoms with E-state index < -0.39 is 10.9 Å². The Morgan fingerprint density at radius 3 is 2.57 bits per heavy atom. The highest BCUT2D eigenvalue weighted by Crippen LogP contribution is 2.40. The number of carbonyl (C=O) groups is 1. The molecule has 2 fully saturated rings. The molecule has 3 heterocycles. The number of carboxylic acid groups (broad SMARTS) is 1. The molecule has 21 heavy (non-hydrogen) atoms. The first kappa shape index (κ1) is 14.1. The van der Waals surface area contributed by atoms with Crippen LogP contribution in [-0.4, -0.2) is 33.0 Å². The molecule has 0 saturated carbocycles. The largest absolute Gasteiger partial charge is 0.481 e. The zero-order valence-electron chi connectivity index (χ0n) is 11.6. The molecule has 7 nitrogen and oxygen atoms in total. The molecule has 2 atom stereocenters. The summed E-state index contributed by atoms with van der Waals surface area (Å²) in [4.78, 5) is 23.3. The SMILES string of the molecule is O=C(O)CC1CC2CCC(C1)N2Cc1ccc([N+](=O)[O-])o1. The number of piperidine rings is 1. The van der Waals surface area contributed by atoms with E-state index in [1.54, 1.807) is 6.07 Å². The van der Waals surface area contributed by atoms with E-state index in [0.717, 1.165) is 25.7 Å². The molecule has 0 radical (unpaired) electrons. The number of hydrogen-bond acceptors (Lipinski definition) is 5. The summed E-state index contributed by atoms with van der Waals surface area (Å²) in [7, 11) is 0. The number of carboxylic acids is 1. The van der Waals surface area contributed by atoms with Crippen molar-refractivity contribution in [2.24, 2.45) is 5.92 Å². The number of nitrogens with zero attached hydrogens (tertiary/aromatic N) is 2. The van der Waals surface area contributed by atoms with Crippen molar-refractivity contribution in [1.82, 2.24) is 4.90 Å². The molecule has 2 aliphatic heterocycles. The van der Waals surface area contributed by atoms with Gasteiger partial charge >= 0.3 is 11.9 Å². The monoisotopic (exact) mass is 294 g/mol. The second-order valence-electron chi connectivity index (χ2n) is 5.99. The average molecular weight is 294 g/mol. The number of hydrogen-bond donors (Lipinski definition) is 1. The van der Waals surface area contributed by atoms with E-state index in [2.05, 4.69) is 4.90 Å². The first-order chi connectivity index (χ1) is 10.0. The van der Waals surface area contributed by atoms with E-state index in [9.17, 15) is 14.9 Å². The highest BCUT2D eigenvalue weighted by molar-refractivity contribution is 5.67. The summed E-state index contributed by atoms with van der Waals surface area (Å²) in [5.74, 6) is -0.0925. The Kier molecular flexibility index (Phi) is 3.67. The zero-order chi connectivity index (χ0) is 15.0. The molecular weight excluding hydrogens is 276 g/mol. The molecule has 7 heteroatoms. The summed E-state index contributed by atoms with van der Waals surface area (Å²) in [5, 5.41) is 19.6. The minimum Gasteiger partial charge on any atom is -0.481 e. The number of fused-ring (bicyclic) bond motifs is 2. The fraction of sp³-hybridized carbons (Fsp3) is 0.643. The van der Waals surface area contributed by atoms with Crippen LogP contribution in [-0.2, 0) is 11.3 Å². The van der Waals surface area contributed by atoms with Crippen molar-refractivity contribution in [2.75, 3.05) is 0 Å². The van der Waals surface area contributed by atoms with Crippen LogP contribution < -0.4 is 0 Å². The smallest absolute Gasteiger partial charge is 0.433 e. The predicted octanol–water partition coefficient (Wildman–Crippen LogP) is 2.41. The molecule has 114 valence electrons. The fourth-order valence-corrected chi connectivity index (χ4v) is 3.79. The van der Waals surface area contributed by atoms with Crippen molar-refractivity contribution in [3.05, 3.63) is 28.0 Å². The lowest BCUT2D eigenvalue weighted by molar-refractivity contribution is -0.402. The number of furan rings is 1. The van der Waals surface area contributed by atoms with Gasteiger partial charge in [0.2, 0.25) is 0 Å². The quantitative estimate of drug-likeness (QED) is 0.661. The molecule has 0 amide bonds. The summed E-state index contributed by atoms with van der Waals surface area (Å²) in [6.07, 6.45) is 4.18. The van der Waals surface area contributed by atoms with E-state index in [1.807, 2.05) is 0 Å². The van der Waals surface area contributed by atoms with Crippen LogP contribution in [0.4, 0.5) is 5.88 Å². The Morgan fingerprint density at radius 2 is 2.05 bits per heavy atom. The Hall–Kier alpha value is -1.89. The molecule has 0 aromatic carbocycles. The number of nitro groups is 1. The van der Waals surface area contributed by atoms with Gasteiger partial charge in [0.05, 0.1) is 12.6 Å². The highest BCUT2D eigenvalue weighted by Gasteiger charge is 2.41. The van der Waals surface area contributed by atoms with Gasteiger partial charge < -0.3 is 9.52 Å². The van der Waals surface area contributed by atoms with Gasteiger partial charge in [0, 0.05) is 18.5 Å². The summed E-state index contributed by atoms with van der Waals surface area (Å²) >= 11 is 0. The van der Waals surface area contributed by atoms with Crippen LogP contribution >= 0.6 is 0 Å². The van der Waals surface area contributed by atoms with Crippen molar-refractivity contribution in [1.29, 1.82) is 0 Å². The van der Waals surface area contributed by atoms with Crippen LogP contribution in [0.25, 0.3) is 0 Å². The van der Waals surface area contributed by atoms with Crippen molar-refractivity contribution in [3.63, 3.8) is 0 Å². The molecule has 2 unspecified atom stereocenters. The summed E-state index contributed by atoms with van der Waals surface area (Å²) in [6.45, 7) is 0.572. The normalized spacial score (nSPS) is 28.7. The lowest BCUT2D eigenvalue weighted by Gasteiger charge is -2.38. The van der Waals surface area contributed by atoms with Crippen LogP contribution in [0.3, 0.4) is 0 Å². The second-order valence-corrected chi connectivity index (χ2v) is 5.99. The summed E-state index contributed by atoms with van der Waals surface area (Å²) < 4.78 is 5.23. The van der Waals surface area contributed by atoms with Crippen LogP contribution in [0.15, 0.2) is 16.5 Å². The average Bonchev–Trinajstić information content (AvgIpc) is 2.94. The zero-order valence-corrected chi connectivity index (χ0v) is 11.6. The summed E-state index contributed by atoms with van der Waals surface area (Å²) in [5.41, 5.74) is 0. The van der Waals surface area contributed by atoms with E-state index in [4.69, 9.17) is 9.52 Å². The van der Waals surface area contributed by atoms with Crippen LogP contribution in [0, 0.1) is 16.0 Å². The first-order valence-electron chi connectivity index (χ1n) is 7.23. The maximum absolute atomic E-state index is 10.8. The molecule has 0 aliphatic carbocycles. The fourth-order valence-electron chi connectivity index (χ4n) is 3.79. The van der Waals surface area contributed by atoms with Crippen molar-refractivity contribution < 1.29 is 19.2 Å². The van der Waals surface area contributed by atoms with Crippen LogP contribution in [0.5, 0.6) is 0 Å². The van der Waals surface area contributed by atoms with Gasteiger partial charge in [0.15, 0.2) is 0 Å². The topological polar surface area (TPSA) is 96.8 Å². The van der Waals surface area contributed by atoms with E-state index in [-0.39, 0.29) is 18.2 Å². The van der Waals surface area contributed by atoms with Gasteiger partial charge in [0.25, 0.3) is 0 Å². The van der Waals surface area contributed by atoms with Crippen molar-refractivity contribution >= 4 is 11.9 Å². The van der Waals surface area contributed by atoms with Gasteiger partial charge in [-0.05, 0) is 37.7 Å². The molecule has 2 bridgehead atoms. The van der Waals surface area contributed by atoms with Crippen molar-refractivity contribution in [2.45, 2.75) is 50.7 Å². The molecule has 2 saturated heterocycles. The maximum Gasteiger partial charge on any atom is 0.433 e. The third-order valence-corrected chi connectivity index (χ3v) is 4.61. The van der Waals surface area contributed by atoms with Gasteiger partial charge in [-0.3, -0.25) is 19.8 Å². The molecule has 1 aromatic rings. The molecule has 1 aromatic heterocycles. The molecular formula is C14H18N2O5. The number of rotatable bonds is 5. The Balaban J connectivity index is 1.65. The standard InChI is InChI=1S/C14H18N2O5/c17-14(18)7-9-5-10-1-2-11(6-9)15(10)8-12-3-4-13(21-12)16(19)20/h3-4,9-11H,1-2,5-8H2,(H,17,18). The van der Waals surface area contributed by atoms with Gasteiger partial charge in [0.1, 0.15) is 10.7 Å². The molecule has 0 spiro atoms. The first-order valence-corrected chi connectivity index (χ1v) is 7.23.